The standard InChI is InChI=1S/C11H16BrNO3S/c1-8-5-10(3-4-11(8)12)7-17(15,16)13-6-9(2)14/h3-5,9,13-14H,6-7H2,1-2H3/t9-/m1/s1. The zero-order valence-electron chi connectivity index (χ0n) is 9.77. The summed E-state index contributed by atoms with van der Waals surface area (Å²) < 4.78 is 26.6. The molecule has 0 spiro atoms. The maximum Gasteiger partial charge on any atom is 0.215 e. The first-order valence-corrected chi connectivity index (χ1v) is 7.65. The van der Waals surface area contributed by atoms with Crippen molar-refractivity contribution in [3.8, 4) is 0 Å². The van der Waals surface area contributed by atoms with E-state index in [1.807, 2.05) is 19.1 Å². The van der Waals surface area contributed by atoms with Crippen molar-refractivity contribution in [2.24, 2.45) is 0 Å². The molecule has 4 nitrogen and oxygen atoms in total. The molecule has 0 radical (unpaired) electrons. The third kappa shape index (κ3) is 5.16. The summed E-state index contributed by atoms with van der Waals surface area (Å²) in [7, 11) is -3.38. The van der Waals surface area contributed by atoms with Crippen LogP contribution in [0.1, 0.15) is 18.1 Å². The smallest absolute Gasteiger partial charge is 0.215 e. The molecule has 1 aromatic rings. The van der Waals surface area contributed by atoms with Crippen LogP contribution >= 0.6 is 15.9 Å². The van der Waals surface area contributed by atoms with E-state index in [9.17, 15) is 8.42 Å². The Morgan fingerprint density at radius 2 is 2.12 bits per heavy atom. The van der Waals surface area contributed by atoms with Gasteiger partial charge in [-0.25, -0.2) is 13.1 Å². The fourth-order valence-corrected chi connectivity index (χ4v) is 2.78. The fourth-order valence-electron chi connectivity index (χ4n) is 1.31. The number of hydrogen-bond acceptors (Lipinski definition) is 3. The summed E-state index contributed by atoms with van der Waals surface area (Å²) in [6.07, 6.45) is -0.684. The van der Waals surface area contributed by atoms with Gasteiger partial charge in [-0.3, -0.25) is 0 Å². The molecule has 1 atom stereocenters. The van der Waals surface area contributed by atoms with Crippen LogP contribution in [0.5, 0.6) is 0 Å². The van der Waals surface area contributed by atoms with E-state index in [1.54, 1.807) is 6.07 Å². The average Bonchev–Trinajstić information content (AvgIpc) is 2.21. The summed E-state index contributed by atoms with van der Waals surface area (Å²) in [5.41, 5.74) is 1.72. The van der Waals surface area contributed by atoms with E-state index < -0.39 is 16.1 Å². The third-order valence-corrected chi connectivity index (χ3v) is 4.39. The van der Waals surface area contributed by atoms with E-state index in [0.29, 0.717) is 0 Å². The highest BCUT2D eigenvalue weighted by Crippen LogP contribution is 2.18. The van der Waals surface area contributed by atoms with Crippen LogP contribution in [0.4, 0.5) is 0 Å². The maximum absolute atomic E-state index is 11.7. The van der Waals surface area contributed by atoms with Crippen LogP contribution < -0.4 is 4.72 Å². The van der Waals surface area contributed by atoms with Gasteiger partial charge in [0.05, 0.1) is 11.9 Å². The lowest BCUT2D eigenvalue weighted by Crippen LogP contribution is -2.31. The van der Waals surface area contributed by atoms with Crippen LogP contribution in [0, 0.1) is 6.92 Å². The molecule has 0 saturated heterocycles. The summed E-state index contributed by atoms with van der Waals surface area (Å²) in [6, 6.07) is 5.42. The van der Waals surface area contributed by atoms with Gasteiger partial charge in [0.25, 0.3) is 0 Å². The Morgan fingerprint density at radius 3 is 2.65 bits per heavy atom. The molecule has 0 aliphatic carbocycles. The lowest BCUT2D eigenvalue weighted by atomic mass is 10.2. The number of hydrogen-bond donors (Lipinski definition) is 2. The first-order chi connectivity index (χ1) is 7.80. The first-order valence-electron chi connectivity index (χ1n) is 5.20. The van der Waals surface area contributed by atoms with Gasteiger partial charge in [-0.2, -0.15) is 0 Å². The molecule has 0 saturated carbocycles. The first kappa shape index (κ1) is 14.6. The molecule has 96 valence electrons. The van der Waals surface area contributed by atoms with Gasteiger partial charge < -0.3 is 5.11 Å². The number of nitrogens with one attached hydrogen (secondary N) is 1. The van der Waals surface area contributed by atoms with Crippen molar-refractivity contribution in [2.45, 2.75) is 25.7 Å². The number of aliphatic hydroxyl groups is 1. The Labute approximate surface area is 110 Å². The second kappa shape index (κ2) is 5.95. The summed E-state index contributed by atoms with van der Waals surface area (Å²) in [5, 5.41) is 9.03. The Balaban J connectivity index is 2.73. The number of benzene rings is 1. The molecule has 0 heterocycles. The van der Waals surface area contributed by atoms with Gasteiger partial charge in [0.2, 0.25) is 10.0 Å². The SMILES string of the molecule is Cc1cc(CS(=O)(=O)NC[C@@H](C)O)ccc1Br. The van der Waals surface area contributed by atoms with Crippen LogP contribution in [-0.4, -0.2) is 26.2 Å². The fraction of sp³-hybridized carbons (Fsp3) is 0.455. The highest BCUT2D eigenvalue weighted by molar-refractivity contribution is 9.10. The van der Waals surface area contributed by atoms with Gasteiger partial charge in [0.15, 0.2) is 0 Å². The topological polar surface area (TPSA) is 66.4 Å². The molecular formula is C11H16BrNO3S. The van der Waals surface area contributed by atoms with Gasteiger partial charge in [-0.15, -0.1) is 0 Å². The molecule has 0 bridgehead atoms. The predicted molar refractivity (Wildman–Crippen MR) is 71.2 cm³/mol. The van der Waals surface area contributed by atoms with Crippen molar-refractivity contribution < 1.29 is 13.5 Å². The predicted octanol–water partition coefficient (Wildman–Crippen LogP) is 1.56. The number of sulfonamides is 1. The van der Waals surface area contributed by atoms with Crippen LogP contribution in [0.3, 0.4) is 0 Å². The minimum atomic E-state index is -3.38. The molecule has 1 rings (SSSR count). The van der Waals surface area contributed by atoms with E-state index in [4.69, 9.17) is 5.11 Å². The van der Waals surface area contributed by atoms with Gasteiger partial charge in [0.1, 0.15) is 0 Å². The van der Waals surface area contributed by atoms with Gasteiger partial charge >= 0.3 is 0 Å². The van der Waals surface area contributed by atoms with E-state index in [-0.39, 0.29) is 12.3 Å². The summed E-state index contributed by atoms with van der Waals surface area (Å²) >= 11 is 3.36. The molecule has 1 aromatic carbocycles. The Morgan fingerprint density at radius 1 is 1.47 bits per heavy atom. The van der Waals surface area contributed by atoms with Crippen molar-refractivity contribution in [3.05, 3.63) is 33.8 Å². The molecule has 2 N–H and O–H groups in total. The summed E-state index contributed by atoms with van der Waals surface area (Å²) in [6.45, 7) is 3.48. The average molecular weight is 322 g/mol. The monoisotopic (exact) mass is 321 g/mol. The molecule has 17 heavy (non-hydrogen) atoms. The normalized spacial score (nSPS) is 13.6. The zero-order valence-corrected chi connectivity index (χ0v) is 12.2. The molecule has 0 aliphatic rings. The lowest BCUT2D eigenvalue weighted by molar-refractivity contribution is 0.198. The van der Waals surface area contributed by atoms with Crippen molar-refractivity contribution in [1.29, 1.82) is 0 Å². The van der Waals surface area contributed by atoms with Crippen LogP contribution in [0.25, 0.3) is 0 Å². The van der Waals surface area contributed by atoms with Crippen molar-refractivity contribution in [2.75, 3.05) is 6.54 Å². The molecule has 0 aromatic heterocycles. The van der Waals surface area contributed by atoms with Gasteiger partial charge in [-0.1, -0.05) is 28.1 Å². The molecule has 0 unspecified atom stereocenters. The van der Waals surface area contributed by atoms with Gasteiger partial charge in [0, 0.05) is 11.0 Å². The van der Waals surface area contributed by atoms with E-state index in [2.05, 4.69) is 20.7 Å². The molecule has 6 heteroatoms. The highest BCUT2D eigenvalue weighted by Gasteiger charge is 2.12. The third-order valence-electron chi connectivity index (χ3n) is 2.18. The molecular weight excluding hydrogens is 306 g/mol. The van der Waals surface area contributed by atoms with Crippen molar-refractivity contribution >= 4 is 26.0 Å². The lowest BCUT2D eigenvalue weighted by Gasteiger charge is -2.09. The minimum Gasteiger partial charge on any atom is -0.392 e. The second-order valence-electron chi connectivity index (χ2n) is 4.04. The summed E-state index contributed by atoms with van der Waals surface area (Å²) in [4.78, 5) is 0. The van der Waals surface area contributed by atoms with Gasteiger partial charge in [-0.05, 0) is 31.0 Å². The quantitative estimate of drug-likeness (QED) is 0.864. The Kier molecular flexibility index (Phi) is 5.12. The van der Waals surface area contributed by atoms with Crippen molar-refractivity contribution in [3.63, 3.8) is 0 Å². The zero-order chi connectivity index (χ0) is 13.1. The second-order valence-corrected chi connectivity index (χ2v) is 6.70. The molecule has 0 amide bonds. The maximum atomic E-state index is 11.7. The van der Waals surface area contributed by atoms with E-state index in [1.165, 1.54) is 6.92 Å². The largest absolute Gasteiger partial charge is 0.392 e. The van der Waals surface area contributed by atoms with Crippen LogP contribution in [-0.2, 0) is 15.8 Å². The van der Waals surface area contributed by atoms with E-state index >= 15 is 0 Å². The van der Waals surface area contributed by atoms with Crippen molar-refractivity contribution in [1.82, 2.24) is 4.72 Å². The summed E-state index contributed by atoms with van der Waals surface area (Å²) in [5.74, 6) is -0.0756. The van der Waals surface area contributed by atoms with Crippen LogP contribution in [0.2, 0.25) is 0 Å². The number of aliphatic hydroxyl groups excluding tert-OH is 1. The van der Waals surface area contributed by atoms with E-state index in [0.717, 1.165) is 15.6 Å². The Hall–Kier alpha value is -0.430. The number of halogens is 1. The van der Waals surface area contributed by atoms with Crippen LogP contribution in [0.15, 0.2) is 22.7 Å². The number of aryl methyl sites for hydroxylation is 1. The molecule has 0 aliphatic heterocycles. The molecule has 0 fully saturated rings. The number of rotatable bonds is 5. The highest BCUT2D eigenvalue weighted by atomic mass is 79.9. The minimum absolute atomic E-state index is 0.0395. The Bertz CT molecular complexity index is 485.